The van der Waals surface area contributed by atoms with Gasteiger partial charge in [0, 0.05) is 10.9 Å². The van der Waals surface area contributed by atoms with Gasteiger partial charge in [-0.25, -0.2) is 0 Å². The van der Waals surface area contributed by atoms with Crippen molar-refractivity contribution >= 4 is 17.2 Å². The first-order chi connectivity index (χ1) is 7.18. The number of hydrogen-bond acceptors (Lipinski definition) is 3. The smallest absolute Gasteiger partial charge is 0.239 e. The summed E-state index contributed by atoms with van der Waals surface area (Å²) in [4.78, 5) is 15.0. The molecular formula is C11H16N2OS. The van der Waals surface area contributed by atoms with Gasteiger partial charge in [-0.05, 0) is 31.2 Å². The molecule has 1 amide bonds. The van der Waals surface area contributed by atoms with Crippen molar-refractivity contribution in [2.75, 3.05) is 0 Å². The molecule has 1 heterocycles. The zero-order valence-electron chi connectivity index (χ0n) is 8.85. The Balaban J connectivity index is 2.03. The molecule has 4 heteroatoms. The van der Waals surface area contributed by atoms with Crippen molar-refractivity contribution in [3.8, 4) is 0 Å². The van der Waals surface area contributed by atoms with Crippen LogP contribution in [0.3, 0.4) is 0 Å². The molecule has 0 saturated heterocycles. The molecule has 1 aliphatic rings. The third-order valence-electron chi connectivity index (χ3n) is 2.57. The van der Waals surface area contributed by atoms with Crippen LogP contribution in [0, 0.1) is 0 Å². The lowest BCUT2D eigenvalue weighted by Gasteiger charge is -2.23. The minimum Gasteiger partial charge on any atom is -0.333 e. The third-order valence-corrected chi connectivity index (χ3v) is 3.43. The number of rotatable bonds is 4. The molecule has 15 heavy (non-hydrogen) atoms. The molecule has 82 valence electrons. The average molecular weight is 224 g/mol. The van der Waals surface area contributed by atoms with Crippen LogP contribution in [0.1, 0.15) is 24.6 Å². The molecule has 1 aliphatic carbocycles. The molecule has 0 unspecified atom stereocenters. The Morgan fingerprint density at radius 2 is 2.47 bits per heavy atom. The summed E-state index contributed by atoms with van der Waals surface area (Å²) in [6.45, 7) is 2.48. The Morgan fingerprint density at radius 3 is 2.93 bits per heavy atom. The minimum atomic E-state index is -0.384. The highest BCUT2D eigenvalue weighted by Crippen LogP contribution is 2.29. The van der Waals surface area contributed by atoms with Crippen LogP contribution in [-0.4, -0.2) is 22.9 Å². The summed E-state index contributed by atoms with van der Waals surface area (Å²) >= 11 is 1.69. The number of carbonyl (C=O) groups is 1. The molecule has 0 spiro atoms. The maximum absolute atomic E-state index is 11.9. The summed E-state index contributed by atoms with van der Waals surface area (Å²) in [7, 11) is 0. The molecule has 0 radical (unpaired) electrons. The van der Waals surface area contributed by atoms with Crippen molar-refractivity contribution in [1.82, 2.24) is 4.90 Å². The molecule has 0 aliphatic heterocycles. The Labute approximate surface area is 93.9 Å². The van der Waals surface area contributed by atoms with Crippen molar-refractivity contribution < 1.29 is 4.79 Å². The highest BCUT2D eigenvalue weighted by Gasteiger charge is 2.33. The van der Waals surface area contributed by atoms with Crippen molar-refractivity contribution in [1.29, 1.82) is 0 Å². The minimum absolute atomic E-state index is 0.0749. The van der Waals surface area contributed by atoms with Gasteiger partial charge in [-0.1, -0.05) is 6.07 Å². The lowest BCUT2D eigenvalue weighted by molar-refractivity contribution is -0.133. The van der Waals surface area contributed by atoms with Crippen molar-refractivity contribution in [2.24, 2.45) is 5.73 Å². The van der Waals surface area contributed by atoms with E-state index in [4.69, 9.17) is 5.73 Å². The number of thiophene rings is 1. The van der Waals surface area contributed by atoms with Gasteiger partial charge in [0.25, 0.3) is 0 Å². The van der Waals surface area contributed by atoms with Gasteiger partial charge in [-0.15, -0.1) is 11.3 Å². The molecule has 2 rings (SSSR count). The average Bonchev–Trinajstić information content (AvgIpc) is 2.92. The van der Waals surface area contributed by atoms with Crippen LogP contribution in [0.15, 0.2) is 17.5 Å². The Morgan fingerprint density at radius 1 is 1.73 bits per heavy atom. The molecule has 1 atom stereocenters. The summed E-state index contributed by atoms with van der Waals surface area (Å²) in [5, 5.41) is 2.04. The van der Waals surface area contributed by atoms with E-state index in [-0.39, 0.29) is 11.9 Å². The SMILES string of the molecule is C[C@@H](N)C(=O)N(Cc1cccs1)C1CC1. The molecule has 1 aromatic heterocycles. The summed E-state index contributed by atoms with van der Waals surface area (Å²) < 4.78 is 0. The monoisotopic (exact) mass is 224 g/mol. The maximum atomic E-state index is 11.9. The molecule has 0 aromatic carbocycles. The third kappa shape index (κ3) is 2.58. The summed E-state index contributed by atoms with van der Waals surface area (Å²) in [6, 6.07) is 4.13. The molecule has 3 nitrogen and oxygen atoms in total. The van der Waals surface area contributed by atoms with Gasteiger partial charge in [0.15, 0.2) is 0 Å². The standard InChI is InChI=1S/C11H16N2OS/c1-8(12)11(14)13(9-4-5-9)7-10-3-2-6-15-10/h2-3,6,8-9H,4-5,7,12H2,1H3/t8-/m1/s1. The number of carbonyl (C=O) groups excluding carboxylic acids is 1. The van der Waals surface area contributed by atoms with Crippen LogP contribution in [0.4, 0.5) is 0 Å². The first-order valence-electron chi connectivity index (χ1n) is 5.27. The highest BCUT2D eigenvalue weighted by molar-refractivity contribution is 7.09. The van der Waals surface area contributed by atoms with E-state index in [2.05, 4.69) is 6.07 Å². The Kier molecular flexibility index (Phi) is 3.07. The highest BCUT2D eigenvalue weighted by atomic mass is 32.1. The number of amides is 1. The quantitative estimate of drug-likeness (QED) is 0.844. The molecule has 1 saturated carbocycles. The number of nitrogens with zero attached hydrogens (tertiary/aromatic N) is 1. The van der Waals surface area contributed by atoms with Crippen LogP contribution < -0.4 is 5.73 Å². The second-order valence-electron chi connectivity index (χ2n) is 4.07. The predicted molar refractivity (Wildman–Crippen MR) is 61.5 cm³/mol. The predicted octanol–water partition coefficient (Wildman–Crippen LogP) is 1.59. The largest absolute Gasteiger partial charge is 0.333 e. The van der Waals surface area contributed by atoms with E-state index in [0.29, 0.717) is 6.04 Å². The topological polar surface area (TPSA) is 46.3 Å². The second-order valence-corrected chi connectivity index (χ2v) is 5.10. The van der Waals surface area contributed by atoms with Crippen LogP contribution in [0.25, 0.3) is 0 Å². The van der Waals surface area contributed by atoms with E-state index in [0.717, 1.165) is 19.4 Å². The van der Waals surface area contributed by atoms with Crippen LogP contribution in [-0.2, 0) is 11.3 Å². The lowest BCUT2D eigenvalue weighted by Crippen LogP contribution is -2.42. The van der Waals surface area contributed by atoms with E-state index in [1.54, 1.807) is 18.3 Å². The van der Waals surface area contributed by atoms with Gasteiger partial charge in [-0.3, -0.25) is 4.79 Å². The van der Waals surface area contributed by atoms with E-state index in [1.807, 2.05) is 16.3 Å². The summed E-state index contributed by atoms with van der Waals surface area (Å²) in [6.07, 6.45) is 2.26. The zero-order chi connectivity index (χ0) is 10.8. The van der Waals surface area contributed by atoms with Crippen LogP contribution >= 0.6 is 11.3 Å². The van der Waals surface area contributed by atoms with Gasteiger partial charge in [-0.2, -0.15) is 0 Å². The fourth-order valence-electron chi connectivity index (χ4n) is 1.61. The van der Waals surface area contributed by atoms with Gasteiger partial charge in [0.2, 0.25) is 5.91 Å². The molecule has 0 bridgehead atoms. The second kappa shape index (κ2) is 4.33. The van der Waals surface area contributed by atoms with Gasteiger partial charge in [0.1, 0.15) is 0 Å². The first kappa shape index (κ1) is 10.6. The zero-order valence-corrected chi connectivity index (χ0v) is 9.67. The van der Waals surface area contributed by atoms with E-state index >= 15 is 0 Å². The van der Waals surface area contributed by atoms with Crippen molar-refractivity contribution in [3.63, 3.8) is 0 Å². The summed E-state index contributed by atoms with van der Waals surface area (Å²) in [5.41, 5.74) is 5.64. The Hall–Kier alpha value is -0.870. The number of hydrogen-bond donors (Lipinski definition) is 1. The molecule has 1 fully saturated rings. The van der Waals surface area contributed by atoms with Gasteiger partial charge < -0.3 is 10.6 Å². The lowest BCUT2D eigenvalue weighted by atomic mass is 10.3. The van der Waals surface area contributed by atoms with E-state index < -0.39 is 0 Å². The first-order valence-corrected chi connectivity index (χ1v) is 6.15. The fourth-order valence-corrected chi connectivity index (χ4v) is 2.31. The van der Waals surface area contributed by atoms with E-state index in [1.165, 1.54) is 4.88 Å². The fraction of sp³-hybridized carbons (Fsp3) is 0.545. The normalized spacial score (nSPS) is 17.5. The van der Waals surface area contributed by atoms with E-state index in [9.17, 15) is 4.79 Å². The van der Waals surface area contributed by atoms with Gasteiger partial charge >= 0.3 is 0 Å². The van der Waals surface area contributed by atoms with Crippen molar-refractivity contribution in [3.05, 3.63) is 22.4 Å². The van der Waals surface area contributed by atoms with Gasteiger partial charge in [0.05, 0.1) is 12.6 Å². The van der Waals surface area contributed by atoms with Crippen LogP contribution in [0.2, 0.25) is 0 Å². The maximum Gasteiger partial charge on any atom is 0.239 e. The summed E-state index contributed by atoms with van der Waals surface area (Å²) in [5.74, 6) is 0.0749. The number of nitrogens with two attached hydrogens (primary N) is 1. The van der Waals surface area contributed by atoms with Crippen LogP contribution in [0.5, 0.6) is 0 Å². The Bertz CT molecular complexity index is 330. The molecule has 1 aromatic rings. The molecule has 2 N–H and O–H groups in total. The van der Waals surface area contributed by atoms with Crippen molar-refractivity contribution in [2.45, 2.75) is 38.4 Å². The molecular weight excluding hydrogens is 208 g/mol.